The van der Waals surface area contributed by atoms with Gasteiger partial charge in [0.05, 0.1) is 5.69 Å². The van der Waals surface area contributed by atoms with Crippen LogP contribution in [0.4, 0.5) is 5.82 Å². The van der Waals surface area contributed by atoms with E-state index >= 15 is 0 Å². The summed E-state index contributed by atoms with van der Waals surface area (Å²) in [5.74, 6) is -1.94. The fourth-order valence-corrected chi connectivity index (χ4v) is 2.92. The van der Waals surface area contributed by atoms with Gasteiger partial charge in [0.25, 0.3) is 0 Å². The molecule has 2 N–H and O–H groups in total. The van der Waals surface area contributed by atoms with Crippen molar-refractivity contribution in [3.05, 3.63) is 48.2 Å². The summed E-state index contributed by atoms with van der Waals surface area (Å²) in [6.45, 7) is 2.02. The summed E-state index contributed by atoms with van der Waals surface area (Å²) in [5, 5.41) is 12.8. The smallest absolute Gasteiger partial charge is 0.313 e. The van der Waals surface area contributed by atoms with Crippen LogP contribution in [0.25, 0.3) is 0 Å². The Bertz CT molecular complexity index is 737. The van der Waals surface area contributed by atoms with E-state index in [1.165, 1.54) is 6.33 Å². The number of aliphatic carboxylic acids is 1. The highest BCUT2D eigenvalue weighted by Crippen LogP contribution is 2.35. The molecule has 26 heavy (non-hydrogen) atoms. The summed E-state index contributed by atoms with van der Waals surface area (Å²) in [7, 11) is 1.72. The number of Topliss-reactive ketones (excluding diaryl/α,β-unsaturated/α-hetero) is 1. The molecule has 2 aromatic heterocycles. The Morgan fingerprint density at radius 3 is 2.58 bits per heavy atom. The lowest BCUT2D eigenvalue weighted by atomic mass is 9.80. The van der Waals surface area contributed by atoms with Crippen LogP contribution < -0.4 is 5.32 Å². The number of carbonyl (C=O) groups excluding carboxylic acids is 1. The second-order valence-electron chi connectivity index (χ2n) is 6.14. The molecule has 0 aliphatic heterocycles. The van der Waals surface area contributed by atoms with E-state index in [4.69, 9.17) is 0 Å². The van der Waals surface area contributed by atoms with Gasteiger partial charge in [0.1, 0.15) is 23.8 Å². The van der Waals surface area contributed by atoms with Crippen molar-refractivity contribution in [3.8, 4) is 0 Å². The average molecular weight is 356 g/mol. The molecule has 2 heterocycles. The zero-order valence-corrected chi connectivity index (χ0v) is 15.1. The number of nitrogens with one attached hydrogen (secondary N) is 1. The quantitative estimate of drug-likeness (QED) is 0.674. The molecule has 7 nitrogen and oxygen atoms in total. The van der Waals surface area contributed by atoms with Crippen molar-refractivity contribution in [2.45, 2.75) is 44.4 Å². The van der Waals surface area contributed by atoms with Crippen LogP contribution in [0.1, 0.15) is 55.7 Å². The number of hydrogen-bond donors (Lipinski definition) is 2. The van der Waals surface area contributed by atoms with E-state index in [1.54, 1.807) is 37.6 Å². The fraction of sp³-hybridized carbons (Fsp3) is 0.421. The summed E-state index contributed by atoms with van der Waals surface area (Å²) in [6, 6.07) is 5.18. The number of hydrogen-bond acceptors (Lipinski definition) is 6. The van der Waals surface area contributed by atoms with E-state index in [9.17, 15) is 14.7 Å². The van der Waals surface area contributed by atoms with Gasteiger partial charge in [0, 0.05) is 38.2 Å². The van der Waals surface area contributed by atoms with Crippen LogP contribution in [0.3, 0.4) is 0 Å². The van der Waals surface area contributed by atoms with Gasteiger partial charge >= 0.3 is 5.97 Å². The van der Waals surface area contributed by atoms with Crippen molar-refractivity contribution in [1.82, 2.24) is 15.0 Å². The molecule has 138 valence electrons. The van der Waals surface area contributed by atoms with Gasteiger partial charge in [0.2, 0.25) is 0 Å². The lowest BCUT2D eigenvalue weighted by Crippen LogP contribution is -2.24. The Morgan fingerprint density at radius 1 is 1.23 bits per heavy atom. The molecule has 0 saturated heterocycles. The number of anilines is 1. The van der Waals surface area contributed by atoms with Crippen LogP contribution in [0.5, 0.6) is 0 Å². The Hall–Kier alpha value is -2.83. The minimum Gasteiger partial charge on any atom is -0.481 e. The largest absolute Gasteiger partial charge is 0.481 e. The predicted molar refractivity (Wildman–Crippen MR) is 98.1 cm³/mol. The molecule has 1 unspecified atom stereocenters. The Morgan fingerprint density at radius 2 is 1.96 bits per heavy atom. The highest BCUT2D eigenvalue weighted by Gasteiger charge is 2.34. The highest BCUT2D eigenvalue weighted by molar-refractivity contribution is 5.82. The van der Waals surface area contributed by atoms with E-state index in [0.717, 1.165) is 12.8 Å². The van der Waals surface area contributed by atoms with E-state index in [0.29, 0.717) is 23.5 Å². The van der Waals surface area contributed by atoms with Gasteiger partial charge in [-0.1, -0.05) is 19.4 Å². The van der Waals surface area contributed by atoms with Gasteiger partial charge in [-0.15, -0.1) is 0 Å². The molecular weight excluding hydrogens is 332 g/mol. The number of carbonyl (C=O) groups is 2. The van der Waals surface area contributed by atoms with Crippen LogP contribution in [-0.4, -0.2) is 38.9 Å². The number of pyridine rings is 1. The van der Waals surface area contributed by atoms with Gasteiger partial charge in [-0.25, -0.2) is 15.0 Å². The summed E-state index contributed by atoms with van der Waals surface area (Å²) in [4.78, 5) is 36.9. The molecule has 0 saturated carbocycles. The lowest BCUT2D eigenvalue weighted by Gasteiger charge is -2.23. The van der Waals surface area contributed by atoms with Crippen molar-refractivity contribution >= 4 is 17.6 Å². The molecule has 0 radical (unpaired) electrons. The first-order valence-corrected chi connectivity index (χ1v) is 8.71. The number of rotatable bonds is 10. The maximum Gasteiger partial charge on any atom is 0.313 e. The molecule has 2 aromatic rings. The van der Waals surface area contributed by atoms with E-state index < -0.39 is 17.8 Å². The van der Waals surface area contributed by atoms with Crippen LogP contribution in [0.15, 0.2) is 36.9 Å². The zero-order valence-electron chi connectivity index (χ0n) is 15.1. The number of nitrogens with zero attached hydrogens (tertiary/aromatic N) is 3. The minimum atomic E-state index is -1.03. The molecule has 0 aromatic carbocycles. The SMILES string of the molecule is CCCCC(=O)CC(c1cncnc1)[C@H](C(=O)O)c1cccc(NC)n1. The Kier molecular flexibility index (Phi) is 7.20. The van der Waals surface area contributed by atoms with Crippen molar-refractivity contribution in [1.29, 1.82) is 0 Å². The second kappa shape index (κ2) is 9.60. The molecule has 0 aliphatic carbocycles. The standard InChI is InChI=1S/C19H24N4O3/c1-3-4-6-14(24)9-15(13-10-21-12-22-11-13)18(19(25)26)16-7-5-8-17(20-2)23-16/h5,7-8,10-12,15,18H,3-4,6,9H2,1-2H3,(H,20,23)(H,25,26)/t15?,18-/m0/s1. The van der Waals surface area contributed by atoms with Gasteiger partial charge in [0.15, 0.2) is 0 Å². The zero-order chi connectivity index (χ0) is 18.9. The summed E-state index contributed by atoms with van der Waals surface area (Å²) >= 11 is 0. The molecule has 0 bridgehead atoms. The summed E-state index contributed by atoms with van der Waals surface area (Å²) in [5.41, 5.74) is 1.03. The number of ketones is 1. The van der Waals surface area contributed by atoms with E-state index in [1.807, 2.05) is 6.92 Å². The van der Waals surface area contributed by atoms with Crippen molar-refractivity contribution in [3.63, 3.8) is 0 Å². The normalized spacial score (nSPS) is 13.0. The minimum absolute atomic E-state index is 0.0386. The predicted octanol–water partition coefficient (Wildman–Crippen LogP) is 3.01. The van der Waals surface area contributed by atoms with Crippen LogP contribution >= 0.6 is 0 Å². The number of carboxylic acids is 1. The number of carboxylic acid groups (broad SMARTS) is 1. The first-order chi connectivity index (χ1) is 12.6. The van der Waals surface area contributed by atoms with Crippen LogP contribution in [-0.2, 0) is 9.59 Å². The molecule has 2 atom stereocenters. The van der Waals surface area contributed by atoms with Crippen molar-refractivity contribution in [2.75, 3.05) is 12.4 Å². The third-order valence-corrected chi connectivity index (χ3v) is 4.28. The molecule has 2 rings (SSSR count). The van der Waals surface area contributed by atoms with Crippen molar-refractivity contribution in [2.24, 2.45) is 0 Å². The van der Waals surface area contributed by atoms with E-state index in [-0.39, 0.29) is 12.2 Å². The molecule has 0 spiro atoms. The van der Waals surface area contributed by atoms with Gasteiger partial charge in [-0.2, -0.15) is 0 Å². The monoisotopic (exact) mass is 356 g/mol. The van der Waals surface area contributed by atoms with Crippen molar-refractivity contribution < 1.29 is 14.7 Å². The number of unbranched alkanes of at least 4 members (excludes halogenated alkanes) is 1. The Labute approximate surface area is 152 Å². The molecule has 0 aliphatic rings. The summed E-state index contributed by atoms with van der Waals surface area (Å²) < 4.78 is 0. The topological polar surface area (TPSA) is 105 Å². The molecule has 7 heteroatoms. The number of aromatic nitrogens is 3. The lowest BCUT2D eigenvalue weighted by molar-refractivity contribution is -0.139. The third kappa shape index (κ3) is 5.08. The summed E-state index contributed by atoms with van der Waals surface area (Å²) in [6.07, 6.45) is 6.80. The average Bonchev–Trinajstić information content (AvgIpc) is 2.66. The van der Waals surface area contributed by atoms with E-state index in [2.05, 4.69) is 20.3 Å². The second-order valence-corrected chi connectivity index (χ2v) is 6.14. The molecule has 0 amide bonds. The maximum atomic E-state index is 12.4. The first kappa shape index (κ1) is 19.5. The fourth-order valence-electron chi connectivity index (χ4n) is 2.92. The van der Waals surface area contributed by atoms with Gasteiger partial charge in [-0.05, 0) is 24.1 Å². The van der Waals surface area contributed by atoms with Gasteiger partial charge in [-0.3, -0.25) is 9.59 Å². The van der Waals surface area contributed by atoms with Crippen LogP contribution in [0.2, 0.25) is 0 Å². The third-order valence-electron chi connectivity index (χ3n) is 4.28. The first-order valence-electron chi connectivity index (χ1n) is 8.71. The molecular formula is C19H24N4O3. The molecule has 0 fully saturated rings. The Balaban J connectivity index is 2.41. The highest BCUT2D eigenvalue weighted by atomic mass is 16.4. The van der Waals surface area contributed by atoms with Crippen LogP contribution in [0, 0.1) is 0 Å². The van der Waals surface area contributed by atoms with Gasteiger partial charge < -0.3 is 10.4 Å². The maximum absolute atomic E-state index is 12.4.